The summed E-state index contributed by atoms with van der Waals surface area (Å²) in [6.07, 6.45) is -1.03. The third-order valence-corrected chi connectivity index (χ3v) is 6.75. The highest BCUT2D eigenvalue weighted by Gasteiger charge is 2.60. The number of amides is 2. The normalized spacial score (nSPS) is 21.4. The number of rotatable bonds is 6. The van der Waals surface area contributed by atoms with Gasteiger partial charge in [0, 0.05) is 0 Å². The molecule has 8 nitrogen and oxygen atoms in total. The first-order valence-electron chi connectivity index (χ1n) is 11.1. The third kappa shape index (κ3) is 3.81. The Morgan fingerprint density at radius 1 is 1.00 bits per heavy atom. The van der Waals surface area contributed by atoms with E-state index in [-0.39, 0.29) is 11.5 Å². The van der Waals surface area contributed by atoms with Crippen LogP contribution < -0.4 is 19.4 Å². The number of ether oxygens (including phenoxy) is 2. The molecule has 2 heterocycles. The van der Waals surface area contributed by atoms with Crippen LogP contribution in [0.25, 0.3) is 0 Å². The number of methoxy groups -OCH3 is 1. The number of carbonyl (C=O) groups is 2. The molecule has 0 aliphatic carbocycles. The number of hydrogen-bond acceptors (Lipinski definition) is 7. The first-order chi connectivity index (χ1) is 17.0. The van der Waals surface area contributed by atoms with Crippen molar-refractivity contribution in [1.29, 1.82) is 0 Å². The van der Waals surface area contributed by atoms with Gasteiger partial charge in [-0.25, -0.2) is 9.96 Å². The molecule has 2 aliphatic rings. The number of nitrogens with zero attached hydrogens (tertiary/aromatic N) is 2. The van der Waals surface area contributed by atoms with Gasteiger partial charge in [0.2, 0.25) is 5.91 Å². The van der Waals surface area contributed by atoms with E-state index >= 15 is 0 Å². The molecule has 0 spiro atoms. The van der Waals surface area contributed by atoms with Gasteiger partial charge < -0.3 is 14.6 Å². The number of benzene rings is 3. The number of phenolic OH excluding ortho intramolecular Hbond substituents is 1. The third-order valence-electron chi connectivity index (χ3n) is 6.14. The molecule has 0 aromatic heterocycles. The second-order valence-corrected chi connectivity index (χ2v) is 8.98. The summed E-state index contributed by atoms with van der Waals surface area (Å²) in [7, 11) is 1.45. The molecule has 0 radical (unpaired) electrons. The van der Waals surface area contributed by atoms with Gasteiger partial charge in [0.25, 0.3) is 5.91 Å². The summed E-state index contributed by atoms with van der Waals surface area (Å²) >= 11 is 3.37. The van der Waals surface area contributed by atoms with Crippen molar-refractivity contribution in [2.75, 3.05) is 23.7 Å². The van der Waals surface area contributed by atoms with Crippen molar-refractivity contribution < 1.29 is 29.0 Å². The maximum absolute atomic E-state index is 13.9. The number of fused-ring (bicyclic) bond motifs is 1. The number of imide groups is 1. The van der Waals surface area contributed by atoms with Crippen LogP contribution in [0.5, 0.6) is 17.2 Å². The molecule has 9 heteroatoms. The lowest BCUT2D eigenvalue weighted by Crippen LogP contribution is -2.37. The Morgan fingerprint density at radius 3 is 2.43 bits per heavy atom. The van der Waals surface area contributed by atoms with Gasteiger partial charge in [-0.2, -0.15) is 0 Å². The molecule has 2 fully saturated rings. The SMILES string of the molecule is CCOc1ccccc1N1C(=O)[C@H]2[C@@H](c3cc(Br)c(O)c(OC)c3)N(c3ccccc3)O[C@H]2C1=O. The quantitative estimate of drug-likeness (QED) is 0.458. The average molecular weight is 539 g/mol. The van der Waals surface area contributed by atoms with E-state index < -0.39 is 29.9 Å². The van der Waals surface area contributed by atoms with Gasteiger partial charge >= 0.3 is 0 Å². The van der Waals surface area contributed by atoms with Crippen molar-refractivity contribution in [2.24, 2.45) is 5.92 Å². The highest BCUT2D eigenvalue weighted by molar-refractivity contribution is 9.10. The van der Waals surface area contributed by atoms with E-state index in [1.54, 1.807) is 41.5 Å². The van der Waals surface area contributed by atoms with Crippen molar-refractivity contribution in [3.8, 4) is 17.2 Å². The Kier molecular flexibility index (Phi) is 6.12. The Bertz CT molecular complexity index is 1280. The molecule has 2 amide bonds. The monoisotopic (exact) mass is 538 g/mol. The number of hydrogen-bond donors (Lipinski definition) is 1. The Labute approximate surface area is 210 Å². The minimum Gasteiger partial charge on any atom is -0.503 e. The van der Waals surface area contributed by atoms with Crippen molar-refractivity contribution in [3.05, 3.63) is 76.8 Å². The number of hydroxylamine groups is 1. The molecule has 2 aliphatic heterocycles. The molecule has 0 unspecified atom stereocenters. The second-order valence-electron chi connectivity index (χ2n) is 8.12. The van der Waals surface area contributed by atoms with Crippen LogP contribution in [-0.4, -0.2) is 36.7 Å². The van der Waals surface area contributed by atoms with E-state index in [9.17, 15) is 14.7 Å². The lowest BCUT2D eigenvalue weighted by atomic mass is 9.90. The van der Waals surface area contributed by atoms with Crippen molar-refractivity contribution >= 4 is 39.1 Å². The van der Waals surface area contributed by atoms with Gasteiger partial charge in [-0.3, -0.25) is 14.4 Å². The zero-order chi connectivity index (χ0) is 24.7. The number of halogens is 1. The second kappa shape index (κ2) is 9.24. The molecule has 2 saturated heterocycles. The summed E-state index contributed by atoms with van der Waals surface area (Å²) in [5.41, 5.74) is 1.72. The first kappa shape index (κ1) is 23.2. The highest BCUT2D eigenvalue weighted by atomic mass is 79.9. The average Bonchev–Trinajstić information content (AvgIpc) is 3.38. The van der Waals surface area contributed by atoms with Gasteiger partial charge in [0.1, 0.15) is 11.7 Å². The number of carbonyl (C=O) groups excluding carboxylic acids is 2. The summed E-state index contributed by atoms with van der Waals surface area (Å²) in [5, 5.41) is 11.9. The first-order valence-corrected chi connectivity index (χ1v) is 11.9. The van der Waals surface area contributed by atoms with E-state index in [1.807, 2.05) is 37.3 Å². The van der Waals surface area contributed by atoms with Crippen LogP contribution in [-0.2, 0) is 14.4 Å². The molecule has 5 rings (SSSR count). The molecular weight excluding hydrogens is 516 g/mol. The fourth-order valence-corrected chi connectivity index (χ4v) is 5.09. The van der Waals surface area contributed by atoms with Gasteiger partial charge in [-0.15, -0.1) is 0 Å². The van der Waals surface area contributed by atoms with Crippen LogP contribution in [0.3, 0.4) is 0 Å². The van der Waals surface area contributed by atoms with Gasteiger partial charge in [-0.1, -0.05) is 30.3 Å². The molecule has 35 heavy (non-hydrogen) atoms. The van der Waals surface area contributed by atoms with Gasteiger partial charge in [0.05, 0.1) is 35.6 Å². The topological polar surface area (TPSA) is 88.5 Å². The zero-order valence-corrected chi connectivity index (χ0v) is 20.6. The number of phenols is 1. The van der Waals surface area contributed by atoms with E-state index in [4.69, 9.17) is 14.3 Å². The fraction of sp³-hybridized carbons (Fsp3) is 0.231. The minimum absolute atomic E-state index is 0.0564. The smallest absolute Gasteiger partial charge is 0.266 e. The Morgan fingerprint density at radius 2 is 1.71 bits per heavy atom. The molecule has 3 atom stereocenters. The van der Waals surface area contributed by atoms with E-state index in [0.29, 0.717) is 33.8 Å². The predicted molar refractivity (Wildman–Crippen MR) is 132 cm³/mol. The molecule has 3 aromatic rings. The van der Waals surface area contributed by atoms with E-state index in [1.165, 1.54) is 7.11 Å². The fourth-order valence-electron chi connectivity index (χ4n) is 4.63. The van der Waals surface area contributed by atoms with E-state index in [0.717, 1.165) is 4.90 Å². The highest BCUT2D eigenvalue weighted by Crippen LogP contribution is 2.50. The zero-order valence-electron chi connectivity index (χ0n) is 19.1. The van der Waals surface area contributed by atoms with Gasteiger partial charge in [0.15, 0.2) is 17.6 Å². The largest absolute Gasteiger partial charge is 0.503 e. The lowest BCUT2D eigenvalue weighted by Gasteiger charge is -2.29. The number of aromatic hydroxyl groups is 1. The molecule has 3 aromatic carbocycles. The summed E-state index contributed by atoms with van der Waals surface area (Å²) < 4.78 is 11.4. The van der Waals surface area contributed by atoms with E-state index in [2.05, 4.69) is 15.9 Å². The number of anilines is 2. The minimum atomic E-state index is -1.03. The van der Waals surface area contributed by atoms with Crippen LogP contribution in [0.1, 0.15) is 18.5 Å². The maximum Gasteiger partial charge on any atom is 0.266 e. The number of para-hydroxylation sites is 3. The summed E-state index contributed by atoms with van der Waals surface area (Å²) in [6.45, 7) is 2.23. The molecular formula is C26H23BrN2O6. The standard InChI is InChI=1S/C26H23BrN2O6/c1-3-34-19-12-8-7-11-18(19)28-25(31)21-22(15-13-17(27)23(30)20(14-15)33-2)29(35-24(21)26(28)32)16-9-5-4-6-10-16/h4-14,21-22,24,30H,3H2,1-2H3/t21-,22+,24+/m0/s1. The van der Waals surface area contributed by atoms with Crippen LogP contribution in [0.15, 0.2) is 71.2 Å². The van der Waals surface area contributed by atoms with Gasteiger partial charge in [-0.05, 0) is 64.8 Å². The van der Waals surface area contributed by atoms with Crippen molar-refractivity contribution in [2.45, 2.75) is 19.1 Å². The molecule has 0 saturated carbocycles. The molecule has 180 valence electrons. The molecule has 1 N–H and O–H groups in total. The Balaban J connectivity index is 1.62. The van der Waals surface area contributed by atoms with Crippen LogP contribution in [0.4, 0.5) is 11.4 Å². The van der Waals surface area contributed by atoms with Crippen molar-refractivity contribution in [3.63, 3.8) is 0 Å². The Hall–Kier alpha value is -3.56. The van der Waals surface area contributed by atoms with Crippen molar-refractivity contribution in [1.82, 2.24) is 0 Å². The molecule has 0 bridgehead atoms. The lowest BCUT2D eigenvalue weighted by molar-refractivity contribution is -0.126. The summed E-state index contributed by atoms with van der Waals surface area (Å²) in [5.74, 6) is -1.06. The van der Waals surface area contributed by atoms with Crippen LogP contribution in [0.2, 0.25) is 0 Å². The summed E-state index contributed by atoms with van der Waals surface area (Å²) in [6, 6.07) is 18.9. The summed E-state index contributed by atoms with van der Waals surface area (Å²) in [4.78, 5) is 34.8. The predicted octanol–water partition coefficient (Wildman–Crippen LogP) is 4.61. The van der Waals surface area contributed by atoms with Crippen LogP contribution in [0, 0.1) is 5.92 Å². The van der Waals surface area contributed by atoms with Crippen LogP contribution >= 0.6 is 15.9 Å². The maximum atomic E-state index is 13.9.